The van der Waals surface area contributed by atoms with E-state index in [4.69, 9.17) is 4.74 Å². The molecule has 2 saturated carbocycles. The number of nitrogens with one attached hydrogen (secondary N) is 2. The van der Waals surface area contributed by atoms with Gasteiger partial charge in [-0.2, -0.15) is 0 Å². The van der Waals surface area contributed by atoms with Gasteiger partial charge in [0.05, 0.1) is 5.60 Å². The summed E-state index contributed by atoms with van der Waals surface area (Å²) in [6, 6.07) is 0.555. The molecule has 0 spiro atoms. The van der Waals surface area contributed by atoms with Crippen molar-refractivity contribution in [2.75, 3.05) is 6.54 Å². The van der Waals surface area contributed by atoms with E-state index in [0.717, 1.165) is 44.9 Å². The van der Waals surface area contributed by atoms with Crippen molar-refractivity contribution in [1.82, 2.24) is 10.6 Å². The Morgan fingerprint density at radius 2 is 1.82 bits per heavy atom. The maximum Gasteiger partial charge on any atom is 0.407 e. The average Bonchev–Trinajstić information content (AvgIpc) is 2.83. The van der Waals surface area contributed by atoms with Gasteiger partial charge in [-0.25, -0.2) is 4.79 Å². The lowest BCUT2D eigenvalue weighted by Gasteiger charge is -2.33. The molecule has 2 aliphatic carbocycles. The minimum Gasteiger partial charge on any atom is -0.444 e. The number of ether oxygens (including phenoxy) is 1. The van der Waals surface area contributed by atoms with Crippen LogP contribution >= 0.6 is 0 Å². The van der Waals surface area contributed by atoms with Gasteiger partial charge in [-0.1, -0.05) is 19.3 Å². The van der Waals surface area contributed by atoms with Gasteiger partial charge in [-0.15, -0.1) is 0 Å². The maximum absolute atomic E-state index is 11.8. The Hall–Kier alpha value is -0.810. The van der Waals surface area contributed by atoms with Crippen LogP contribution < -0.4 is 10.6 Å². The quantitative estimate of drug-likeness (QED) is 0.746. The molecule has 5 nitrogen and oxygen atoms in total. The predicted molar refractivity (Wildman–Crippen MR) is 86.8 cm³/mol. The molecule has 0 aliphatic heterocycles. The molecule has 2 rings (SSSR count). The summed E-state index contributed by atoms with van der Waals surface area (Å²) in [6.07, 6.45) is 7.91. The van der Waals surface area contributed by atoms with E-state index >= 15 is 0 Å². The molecule has 0 heterocycles. The summed E-state index contributed by atoms with van der Waals surface area (Å²) in [5, 5.41) is 17.0. The lowest BCUT2D eigenvalue weighted by molar-refractivity contribution is 0.00268. The van der Waals surface area contributed by atoms with E-state index in [1.54, 1.807) is 0 Å². The molecule has 128 valence electrons. The number of aliphatic hydroxyl groups is 1. The molecule has 0 aromatic heterocycles. The highest BCUT2D eigenvalue weighted by atomic mass is 16.6. The van der Waals surface area contributed by atoms with Crippen LogP contribution in [0.4, 0.5) is 4.79 Å². The number of rotatable bonds is 4. The van der Waals surface area contributed by atoms with Gasteiger partial charge in [0.1, 0.15) is 5.60 Å². The van der Waals surface area contributed by atoms with E-state index in [1.807, 2.05) is 20.8 Å². The number of hydrogen-bond acceptors (Lipinski definition) is 4. The number of alkyl carbamates (subject to hydrolysis) is 1. The van der Waals surface area contributed by atoms with Crippen LogP contribution in [0.5, 0.6) is 0 Å². The first-order chi connectivity index (χ1) is 10.3. The van der Waals surface area contributed by atoms with Gasteiger partial charge < -0.3 is 20.5 Å². The summed E-state index contributed by atoms with van der Waals surface area (Å²) in [5.41, 5.74) is -0.973. The highest BCUT2D eigenvalue weighted by Gasteiger charge is 2.32. The highest BCUT2D eigenvalue weighted by molar-refractivity contribution is 5.68. The van der Waals surface area contributed by atoms with Gasteiger partial charge in [0.2, 0.25) is 0 Å². The van der Waals surface area contributed by atoms with Crippen LogP contribution in [0.3, 0.4) is 0 Å². The number of carbonyl (C=O) groups is 1. The zero-order valence-corrected chi connectivity index (χ0v) is 14.3. The Labute approximate surface area is 134 Å². The molecule has 2 atom stereocenters. The van der Waals surface area contributed by atoms with Crippen LogP contribution in [0, 0.1) is 0 Å². The smallest absolute Gasteiger partial charge is 0.407 e. The molecule has 0 bridgehead atoms. The zero-order chi connectivity index (χ0) is 16.2. The molecule has 5 heteroatoms. The zero-order valence-electron chi connectivity index (χ0n) is 14.3. The van der Waals surface area contributed by atoms with Crippen LogP contribution in [0.25, 0.3) is 0 Å². The Morgan fingerprint density at radius 3 is 2.45 bits per heavy atom. The van der Waals surface area contributed by atoms with Crippen molar-refractivity contribution in [3.8, 4) is 0 Å². The molecule has 0 saturated heterocycles. The molecule has 2 fully saturated rings. The molecular weight excluding hydrogens is 280 g/mol. The molecule has 2 unspecified atom stereocenters. The maximum atomic E-state index is 11.8. The first-order valence-electron chi connectivity index (χ1n) is 8.71. The SMILES string of the molecule is CC(C)(C)OC(=O)NC1CCC(NCC2(O)CCCCC2)C1. The predicted octanol–water partition coefficient (Wildman–Crippen LogP) is 2.72. The van der Waals surface area contributed by atoms with Gasteiger partial charge >= 0.3 is 6.09 Å². The molecule has 2 aliphatic rings. The third-order valence-corrected chi connectivity index (χ3v) is 4.66. The Kier molecular flexibility index (Phi) is 5.72. The Balaban J connectivity index is 1.68. The summed E-state index contributed by atoms with van der Waals surface area (Å²) < 4.78 is 5.30. The highest BCUT2D eigenvalue weighted by Crippen LogP contribution is 2.28. The van der Waals surface area contributed by atoms with E-state index < -0.39 is 11.2 Å². The van der Waals surface area contributed by atoms with Crippen LogP contribution in [0.1, 0.15) is 72.1 Å². The van der Waals surface area contributed by atoms with Crippen molar-refractivity contribution in [3.63, 3.8) is 0 Å². The summed E-state index contributed by atoms with van der Waals surface area (Å²) in [4.78, 5) is 11.8. The monoisotopic (exact) mass is 312 g/mol. The molecule has 0 radical (unpaired) electrons. The van der Waals surface area contributed by atoms with E-state index in [1.165, 1.54) is 6.42 Å². The summed E-state index contributed by atoms with van der Waals surface area (Å²) in [6.45, 7) is 6.29. The number of hydrogen-bond donors (Lipinski definition) is 3. The van der Waals surface area contributed by atoms with E-state index in [2.05, 4.69) is 10.6 Å². The second kappa shape index (κ2) is 7.18. The van der Waals surface area contributed by atoms with Gasteiger partial charge in [-0.05, 0) is 52.9 Å². The fourth-order valence-corrected chi connectivity index (χ4v) is 3.49. The lowest BCUT2D eigenvalue weighted by Crippen LogP contribution is -2.45. The van der Waals surface area contributed by atoms with Gasteiger partial charge in [0, 0.05) is 18.6 Å². The summed E-state index contributed by atoms with van der Waals surface area (Å²) in [7, 11) is 0. The molecule has 22 heavy (non-hydrogen) atoms. The van der Waals surface area contributed by atoms with E-state index in [9.17, 15) is 9.90 Å². The molecule has 1 amide bonds. The minimum absolute atomic E-state index is 0.174. The van der Waals surface area contributed by atoms with Crippen LogP contribution in [0.2, 0.25) is 0 Å². The molecular formula is C17H32N2O3. The fraction of sp³-hybridized carbons (Fsp3) is 0.941. The fourth-order valence-electron chi connectivity index (χ4n) is 3.49. The molecule has 0 aromatic carbocycles. The second-order valence-electron chi connectivity index (χ2n) is 8.02. The topological polar surface area (TPSA) is 70.6 Å². The first kappa shape index (κ1) is 17.5. The van der Waals surface area contributed by atoms with E-state index in [0.29, 0.717) is 12.6 Å². The number of carbonyl (C=O) groups excluding carboxylic acids is 1. The van der Waals surface area contributed by atoms with Crippen molar-refractivity contribution < 1.29 is 14.6 Å². The lowest BCUT2D eigenvalue weighted by atomic mass is 9.84. The van der Waals surface area contributed by atoms with Crippen molar-refractivity contribution in [3.05, 3.63) is 0 Å². The molecule has 0 aromatic rings. The van der Waals surface area contributed by atoms with Gasteiger partial charge in [0.15, 0.2) is 0 Å². The third-order valence-electron chi connectivity index (χ3n) is 4.66. The van der Waals surface area contributed by atoms with Gasteiger partial charge in [-0.3, -0.25) is 0 Å². The van der Waals surface area contributed by atoms with Crippen LogP contribution in [-0.4, -0.2) is 41.0 Å². The van der Waals surface area contributed by atoms with Crippen molar-refractivity contribution in [1.29, 1.82) is 0 Å². The van der Waals surface area contributed by atoms with Crippen LogP contribution in [-0.2, 0) is 4.74 Å². The van der Waals surface area contributed by atoms with Crippen molar-refractivity contribution >= 4 is 6.09 Å². The number of amides is 1. The van der Waals surface area contributed by atoms with Crippen molar-refractivity contribution in [2.45, 2.75) is 95.4 Å². The Morgan fingerprint density at radius 1 is 1.18 bits per heavy atom. The third kappa shape index (κ3) is 5.76. The average molecular weight is 312 g/mol. The standard InChI is InChI=1S/C17H32N2O3/c1-16(2,3)22-15(20)19-14-8-7-13(11-14)18-12-17(21)9-5-4-6-10-17/h13-14,18,21H,4-12H2,1-3H3,(H,19,20). The Bertz CT molecular complexity index is 373. The second-order valence-corrected chi connectivity index (χ2v) is 8.02. The first-order valence-corrected chi connectivity index (χ1v) is 8.71. The summed E-state index contributed by atoms with van der Waals surface area (Å²) in [5.74, 6) is 0. The van der Waals surface area contributed by atoms with Crippen molar-refractivity contribution in [2.24, 2.45) is 0 Å². The minimum atomic E-state index is -0.519. The summed E-state index contributed by atoms with van der Waals surface area (Å²) >= 11 is 0. The van der Waals surface area contributed by atoms with Gasteiger partial charge in [0.25, 0.3) is 0 Å². The molecule has 3 N–H and O–H groups in total. The van der Waals surface area contributed by atoms with Crippen LogP contribution in [0.15, 0.2) is 0 Å². The normalized spacial score (nSPS) is 28.4. The van der Waals surface area contributed by atoms with E-state index in [-0.39, 0.29) is 12.1 Å². The largest absolute Gasteiger partial charge is 0.444 e.